The summed E-state index contributed by atoms with van der Waals surface area (Å²) in [5.41, 5.74) is -3.51. The number of halogens is 6. The van der Waals surface area contributed by atoms with E-state index in [9.17, 15) is 31.1 Å². The van der Waals surface area contributed by atoms with Gasteiger partial charge in [-0.05, 0) is 68.8 Å². The second kappa shape index (κ2) is 8.39. The van der Waals surface area contributed by atoms with E-state index in [1.165, 1.54) is 0 Å². The van der Waals surface area contributed by atoms with E-state index in [1.54, 1.807) is 0 Å². The Morgan fingerprint density at radius 1 is 1.00 bits per heavy atom. The number of carbonyl (C=O) groups excluding carboxylic acids is 1. The van der Waals surface area contributed by atoms with Crippen LogP contribution in [0.25, 0.3) is 0 Å². The minimum atomic E-state index is -5.05. The molecule has 4 rings (SSSR count). The van der Waals surface area contributed by atoms with Gasteiger partial charge >= 0.3 is 12.4 Å². The van der Waals surface area contributed by atoms with Crippen molar-refractivity contribution < 1.29 is 35.9 Å². The topological polar surface area (TPSA) is 29.5 Å². The Morgan fingerprint density at radius 2 is 1.68 bits per heavy atom. The lowest BCUT2D eigenvalue weighted by atomic mass is 9.84. The van der Waals surface area contributed by atoms with Gasteiger partial charge in [-0.1, -0.05) is 0 Å². The number of hydrogen-bond donors (Lipinski definition) is 0. The maximum absolute atomic E-state index is 13.8. The van der Waals surface area contributed by atoms with Gasteiger partial charge in [0.2, 0.25) is 0 Å². The highest BCUT2D eigenvalue weighted by atomic mass is 19.4. The van der Waals surface area contributed by atoms with Crippen LogP contribution in [0.5, 0.6) is 0 Å². The predicted molar refractivity (Wildman–Crippen MR) is 101 cm³/mol. The molecule has 3 nitrogen and oxygen atoms in total. The molecule has 2 heterocycles. The van der Waals surface area contributed by atoms with Crippen LogP contribution in [0.1, 0.15) is 71.5 Å². The number of hydrogen-bond acceptors (Lipinski definition) is 3. The first-order valence-corrected chi connectivity index (χ1v) is 10.7. The van der Waals surface area contributed by atoms with Crippen LogP contribution in [0, 0.1) is 5.92 Å². The van der Waals surface area contributed by atoms with Gasteiger partial charge in [0.1, 0.15) is 0 Å². The Morgan fingerprint density at radius 3 is 2.26 bits per heavy atom. The van der Waals surface area contributed by atoms with Crippen LogP contribution in [0.2, 0.25) is 0 Å². The highest BCUT2D eigenvalue weighted by Crippen LogP contribution is 2.48. The van der Waals surface area contributed by atoms with Crippen LogP contribution >= 0.6 is 0 Å². The van der Waals surface area contributed by atoms with Gasteiger partial charge in [0.05, 0.1) is 17.7 Å². The van der Waals surface area contributed by atoms with Gasteiger partial charge in [0, 0.05) is 30.6 Å². The molecule has 0 amide bonds. The molecule has 0 spiro atoms. The fourth-order valence-corrected chi connectivity index (χ4v) is 4.95. The van der Waals surface area contributed by atoms with Gasteiger partial charge in [-0.15, -0.1) is 0 Å². The Kier molecular flexibility index (Phi) is 6.11. The Labute approximate surface area is 176 Å². The molecule has 31 heavy (non-hydrogen) atoms. The zero-order chi connectivity index (χ0) is 22.4. The third kappa shape index (κ3) is 4.92. The second-order valence-corrected chi connectivity index (χ2v) is 8.82. The van der Waals surface area contributed by atoms with Crippen molar-refractivity contribution in [2.24, 2.45) is 5.92 Å². The highest BCUT2D eigenvalue weighted by Gasteiger charge is 2.44. The third-order valence-corrected chi connectivity index (χ3v) is 6.59. The van der Waals surface area contributed by atoms with Crippen molar-refractivity contribution in [3.8, 4) is 0 Å². The summed E-state index contributed by atoms with van der Waals surface area (Å²) in [7, 11) is 0. The number of ether oxygens (including phenoxy) is 1. The van der Waals surface area contributed by atoms with Crippen LogP contribution in [-0.2, 0) is 17.1 Å². The van der Waals surface area contributed by atoms with Crippen molar-refractivity contribution in [2.45, 2.75) is 62.8 Å². The molecule has 2 saturated heterocycles. The van der Waals surface area contributed by atoms with Crippen LogP contribution in [0.4, 0.5) is 26.3 Å². The molecule has 0 unspecified atom stereocenters. The van der Waals surface area contributed by atoms with Crippen molar-refractivity contribution >= 4 is 5.78 Å². The van der Waals surface area contributed by atoms with Gasteiger partial charge in [-0.3, -0.25) is 9.69 Å². The van der Waals surface area contributed by atoms with E-state index in [-0.39, 0.29) is 36.6 Å². The number of nitrogens with zero attached hydrogens (tertiary/aromatic N) is 1. The van der Waals surface area contributed by atoms with E-state index in [0.717, 1.165) is 32.0 Å². The van der Waals surface area contributed by atoms with E-state index in [1.807, 2.05) is 0 Å². The molecule has 1 saturated carbocycles. The summed E-state index contributed by atoms with van der Waals surface area (Å²) in [5.74, 6) is -1.43. The number of carbonyl (C=O) groups is 1. The van der Waals surface area contributed by atoms with Crippen molar-refractivity contribution in [1.29, 1.82) is 0 Å². The molecule has 2 aliphatic heterocycles. The molecule has 2 atom stereocenters. The molecule has 1 aliphatic carbocycles. The van der Waals surface area contributed by atoms with Crippen molar-refractivity contribution in [2.75, 3.05) is 26.3 Å². The smallest absolute Gasteiger partial charge is 0.381 e. The van der Waals surface area contributed by atoms with Crippen molar-refractivity contribution in [3.63, 3.8) is 0 Å². The number of ketones is 1. The number of likely N-dealkylation sites (tertiary alicyclic amines) is 1. The summed E-state index contributed by atoms with van der Waals surface area (Å²) < 4.78 is 86.7. The average molecular weight is 449 g/mol. The summed E-state index contributed by atoms with van der Waals surface area (Å²) >= 11 is 0. The molecule has 9 heteroatoms. The standard InChI is InChI=1S/C22H25F6NO2/c23-21(24,25)15-10-16(13-3-4-13)20(17(11-15)22(26,27)28)19(30)9-14-12-31-8-5-18(14)29-6-1-2-7-29/h10-11,13-14,18H,1-9,12H2/t14-,18-/m1/s1. The maximum Gasteiger partial charge on any atom is 0.417 e. The van der Waals surface area contributed by atoms with Gasteiger partial charge in [-0.25, -0.2) is 0 Å². The first-order chi connectivity index (χ1) is 14.6. The lowest BCUT2D eigenvalue weighted by Crippen LogP contribution is -2.45. The SMILES string of the molecule is O=C(C[C@@H]1COCC[C@H]1N1CCCC1)c1c(C2CC2)cc(C(F)(F)F)cc1C(F)(F)F. The molecule has 172 valence electrons. The van der Waals surface area contributed by atoms with Crippen LogP contribution < -0.4 is 0 Å². The molecule has 0 aromatic heterocycles. The predicted octanol–water partition coefficient (Wildman–Crippen LogP) is 5.68. The lowest BCUT2D eigenvalue weighted by Gasteiger charge is -2.37. The van der Waals surface area contributed by atoms with Gasteiger partial charge in [0.25, 0.3) is 0 Å². The lowest BCUT2D eigenvalue weighted by molar-refractivity contribution is -0.143. The molecule has 1 aromatic rings. The molecular formula is C22H25F6NO2. The summed E-state index contributed by atoms with van der Waals surface area (Å²) in [6.07, 6.45) is -6.36. The van der Waals surface area contributed by atoms with Crippen LogP contribution in [-0.4, -0.2) is 43.0 Å². The van der Waals surface area contributed by atoms with Gasteiger partial charge in [-0.2, -0.15) is 26.3 Å². The Bertz CT molecular complexity index is 825. The largest absolute Gasteiger partial charge is 0.417 e. The number of Topliss-reactive ketones (excluding diaryl/α,β-unsaturated/α-hetero) is 1. The fraction of sp³-hybridized carbons (Fsp3) is 0.682. The third-order valence-electron chi connectivity index (χ3n) is 6.59. The molecule has 3 aliphatic rings. The van der Waals surface area contributed by atoms with E-state index >= 15 is 0 Å². The summed E-state index contributed by atoms with van der Waals surface area (Å²) in [4.78, 5) is 15.5. The van der Waals surface area contributed by atoms with Crippen molar-refractivity contribution in [1.82, 2.24) is 4.90 Å². The van der Waals surface area contributed by atoms with Crippen molar-refractivity contribution in [3.05, 3.63) is 34.4 Å². The van der Waals surface area contributed by atoms with Crippen LogP contribution in [0.15, 0.2) is 12.1 Å². The van der Waals surface area contributed by atoms with E-state index in [0.29, 0.717) is 25.9 Å². The van der Waals surface area contributed by atoms with E-state index in [2.05, 4.69) is 4.90 Å². The fourth-order valence-electron chi connectivity index (χ4n) is 4.95. The quantitative estimate of drug-likeness (QED) is 0.428. The van der Waals surface area contributed by atoms with E-state index < -0.39 is 40.7 Å². The number of benzene rings is 1. The Hall–Kier alpha value is -1.61. The molecule has 3 fully saturated rings. The molecule has 0 radical (unpaired) electrons. The molecule has 0 bridgehead atoms. The minimum Gasteiger partial charge on any atom is -0.381 e. The number of rotatable bonds is 5. The summed E-state index contributed by atoms with van der Waals surface area (Å²) in [5, 5.41) is 0. The average Bonchev–Trinajstić information content (AvgIpc) is 3.40. The first-order valence-electron chi connectivity index (χ1n) is 10.7. The first kappa shape index (κ1) is 22.6. The highest BCUT2D eigenvalue weighted by molar-refractivity contribution is 5.99. The van der Waals surface area contributed by atoms with Crippen LogP contribution in [0.3, 0.4) is 0 Å². The minimum absolute atomic E-state index is 0.0494. The monoisotopic (exact) mass is 449 g/mol. The van der Waals surface area contributed by atoms with Gasteiger partial charge in [0.15, 0.2) is 5.78 Å². The molecule has 0 N–H and O–H groups in total. The summed E-state index contributed by atoms with van der Waals surface area (Å²) in [6, 6.07) is 0.887. The molecular weight excluding hydrogens is 424 g/mol. The zero-order valence-electron chi connectivity index (χ0n) is 17.0. The maximum atomic E-state index is 13.8. The normalized spacial score (nSPS) is 25.7. The zero-order valence-corrected chi connectivity index (χ0v) is 17.0. The summed E-state index contributed by atoms with van der Waals surface area (Å²) in [6.45, 7) is 2.58. The van der Waals surface area contributed by atoms with E-state index in [4.69, 9.17) is 4.74 Å². The van der Waals surface area contributed by atoms with Gasteiger partial charge < -0.3 is 4.74 Å². The Balaban J connectivity index is 1.69. The number of alkyl halides is 6. The molecule has 1 aromatic carbocycles. The second-order valence-electron chi connectivity index (χ2n) is 8.82.